The fourth-order valence-corrected chi connectivity index (χ4v) is 5.26. The van der Waals surface area contributed by atoms with Crippen molar-refractivity contribution in [2.75, 3.05) is 13.2 Å². The van der Waals surface area contributed by atoms with Crippen LogP contribution in [0.3, 0.4) is 0 Å². The lowest BCUT2D eigenvalue weighted by atomic mass is 9.85. The largest absolute Gasteiger partial charge is 0.481 e. The number of carbonyl (C=O) groups excluding carboxylic acids is 2. The van der Waals surface area contributed by atoms with Gasteiger partial charge in [0.25, 0.3) is 0 Å². The Kier molecular flexibility index (Phi) is 8.06. The van der Waals surface area contributed by atoms with Crippen LogP contribution in [-0.2, 0) is 14.3 Å². The van der Waals surface area contributed by atoms with E-state index < -0.39 is 12.1 Å². The highest BCUT2D eigenvalue weighted by atomic mass is 16.5. The normalized spacial score (nSPS) is 19.8. The van der Waals surface area contributed by atoms with Gasteiger partial charge in [-0.15, -0.1) is 0 Å². The molecule has 1 unspecified atom stereocenters. The minimum Gasteiger partial charge on any atom is -0.481 e. The zero-order valence-electron chi connectivity index (χ0n) is 20.2. The number of carboxylic acid groups (broad SMARTS) is 1. The van der Waals surface area contributed by atoms with Gasteiger partial charge in [0.15, 0.2) is 0 Å². The van der Waals surface area contributed by atoms with Crippen LogP contribution in [0.2, 0.25) is 0 Å². The molecular formula is C28H34N2O5. The molecule has 3 N–H and O–H groups in total. The molecule has 2 aliphatic rings. The van der Waals surface area contributed by atoms with Crippen LogP contribution in [0.1, 0.15) is 62.5 Å². The summed E-state index contributed by atoms with van der Waals surface area (Å²) in [5, 5.41) is 14.7. The van der Waals surface area contributed by atoms with Gasteiger partial charge in [0.05, 0.1) is 0 Å². The molecule has 0 heterocycles. The van der Waals surface area contributed by atoms with Gasteiger partial charge in [0.1, 0.15) is 6.61 Å². The summed E-state index contributed by atoms with van der Waals surface area (Å²) in [6, 6.07) is 16.4. The van der Waals surface area contributed by atoms with E-state index in [0.717, 1.165) is 19.3 Å². The van der Waals surface area contributed by atoms with Gasteiger partial charge in [-0.05, 0) is 53.9 Å². The van der Waals surface area contributed by atoms with Gasteiger partial charge in [-0.1, -0.05) is 61.9 Å². The van der Waals surface area contributed by atoms with Crippen LogP contribution >= 0.6 is 0 Å². The number of alkyl carbamates (subject to hydrolysis) is 1. The molecule has 0 aromatic heterocycles. The predicted molar refractivity (Wildman–Crippen MR) is 133 cm³/mol. The van der Waals surface area contributed by atoms with Gasteiger partial charge in [-0.2, -0.15) is 0 Å². The molecule has 2 aromatic carbocycles. The van der Waals surface area contributed by atoms with Crippen LogP contribution in [0.5, 0.6) is 0 Å². The van der Waals surface area contributed by atoms with Crippen molar-refractivity contribution in [1.29, 1.82) is 0 Å². The van der Waals surface area contributed by atoms with Gasteiger partial charge in [0, 0.05) is 30.8 Å². The molecule has 2 aromatic rings. The number of amides is 2. The average Bonchev–Trinajstić information content (AvgIpc) is 3.18. The zero-order valence-corrected chi connectivity index (χ0v) is 20.2. The molecule has 0 bridgehead atoms. The third kappa shape index (κ3) is 6.21. The summed E-state index contributed by atoms with van der Waals surface area (Å²) in [4.78, 5) is 36.0. The van der Waals surface area contributed by atoms with Crippen LogP contribution < -0.4 is 10.6 Å². The number of hydrogen-bond donors (Lipinski definition) is 3. The highest BCUT2D eigenvalue weighted by Crippen LogP contribution is 2.44. The smallest absolute Gasteiger partial charge is 0.407 e. The second-order valence-corrected chi connectivity index (χ2v) is 9.81. The third-order valence-electron chi connectivity index (χ3n) is 7.19. The maximum atomic E-state index is 12.6. The molecule has 0 saturated heterocycles. The van der Waals surface area contributed by atoms with Crippen molar-refractivity contribution in [2.45, 2.75) is 57.4 Å². The van der Waals surface area contributed by atoms with E-state index in [-0.39, 0.29) is 42.7 Å². The lowest BCUT2D eigenvalue weighted by Crippen LogP contribution is -2.43. The van der Waals surface area contributed by atoms with Crippen LogP contribution in [0.4, 0.5) is 4.79 Å². The quantitative estimate of drug-likeness (QED) is 0.485. The molecule has 7 nitrogen and oxygen atoms in total. The molecule has 1 fully saturated rings. The number of carbonyl (C=O) groups is 3. The Morgan fingerprint density at radius 3 is 2.34 bits per heavy atom. The Hall–Kier alpha value is -3.35. The van der Waals surface area contributed by atoms with Crippen molar-refractivity contribution in [3.63, 3.8) is 0 Å². The number of carboxylic acids is 1. The molecule has 35 heavy (non-hydrogen) atoms. The van der Waals surface area contributed by atoms with Gasteiger partial charge in [-0.3, -0.25) is 9.59 Å². The lowest BCUT2D eigenvalue weighted by molar-refractivity contribution is -0.137. The first-order valence-corrected chi connectivity index (χ1v) is 12.5. The van der Waals surface area contributed by atoms with E-state index in [9.17, 15) is 14.4 Å². The van der Waals surface area contributed by atoms with Crippen LogP contribution in [0.15, 0.2) is 48.5 Å². The Morgan fingerprint density at radius 2 is 1.69 bits per heavy atom. The molecule has 2 amide bonds. The van der Waals surface area contributed by atoms with Crippen molar-refractivity contribution >= 4 is 18.0 Å². The topological polar surface area (TPSA) is 105 Å². The van der Waals surface area contributed by atoms with E-state index in [2.05, 4.69) is 34.9 Å². The third-order valence-corrected chi connectivity index (χ3v) is 7.19. The number of benzene rings is 2. The van der Waals surface area contributed by atoms with Gasteiger partial charge >= 0.3 is 12.1 Å². The van der Waals surface area contributed by atoms with E-state index in [1.165, 1.54) is 22.3 Å². The summed E-state index contributed by atoms with van der Waals surface area (Å²) in [6.07, 6.45) is 3.25. The number of aliphatic carboxylic acids is 1. The highest BCUT2D eigenvalue weighted by Gasteiger charge is 2.31. The number of rotatable bonds is 9. The van der Waals surface area contributed by atoms with Crippen LogP contribution in [0.25, 0.3) is 11.1 Å². The molecule has 0 spiro atoms. The van der Waals surface area contributed by atoms with Gasteiger partial charge < -0.3 is 20.5 Å². The van der Waals surface area contributed by atoms with E-state index in [1.807, 2.05) is 31.2 Å². The summed E-state index contributed by atoms with van der Waals surface area (Å²) in [7, 11) is 0. The first-order chi connectivity index (χ1) is 16.9. The number of hydrogen-bond acceptors (Lipinski definition) is 4. The monoisotopic (exact) mass is 478 g/mol. The summed E-state index contributed by atoms with van der Waals surface area (Å²) < 4.78 is 5.66. The molecule has 4 rings (SSSR count). The SMILES string of the molecule is CC(CCC(=O)O)CNC(=O)[C@H]1CCC[C@@H](NC(=O)OCC2c3ccccc3-c3ccccc32)C1. The number of nitrogens with one attached hydrogen (secondary N) is 2. The summed E-state index contributed by atoms with van der Waals surface area (Å²) in [6.45, 7) is 2.67. The van der Waals surface area contributed by atoms with E-state index in [1.54, 1.807) is 0 Å². The Bertz CT molecular complexity index is 1020. The van der Waals surface area contributed by atoms with Gasteiger partial charge in [-0.25, -0.2) is 4.79 Å². The molecule has 1 saturated carbocycles. The van der Waals surface area contributed by atoms with E-state index in [0.29, 0.717) is 19.4 Å². The minimum absolute atomic E-state index is 0.0150. The number of ether oxygens (including phenoxy) is 1. The second-order valence-electron chi connectivity index (χ2n) is 9.81. The molecular weight excluding hydrogens is 444 g/mol. The van der Waals surface area contributed by atoms with Crippen molar-refractivity contribution < 1.29 is 24.2 Å². The Balaban J connectivity index is 1.25. The molecule has 186 valence electrons. The standard InChI is InChI=1S/C28H34N2O5/c1-18(13-14-26(31)32)16-29-27(33)19-7-6-8-20(15-19)30-28(34)35-17-25-23-11-4-2-9-21(23)22-10-3-5-12-24(22)25/h2-5,9-12,18-20,25H,6-8,13-17H2,1H3,(H,29,33)(H,30,34)(H,31,32)/t18?,19-,20+/m0/s1. The molecule has 0 radical (unpaired) electrons. The maximum absolute atomic E-state index is 12.6. The van der Waals surface area contributed by atoms with Crippen molar-refractivity contribution in [3.8, 4) is 11.1 Å². The molecule has 0 aliphatic heterocycles. The lowest BCUT2D eigenvalue weighted by Gasteiger charge is -2.29. The summed E-state index contributed by atoms with van der Waals surface area (Å²) in [5.41, 5.74) is 4.73. The average molecular weight is 479 g/mol. The predicted octanol–water partition coefficient (Wildman–Crippen LogP) is 4.70. The van der Waals surface area contributed by atoms with Crippen molar-refractivity contribution in [1.82, 2.24) is 10.6 Å². The minimum atomic E-state index is -0.822. The van der Waals surface area contributed by atoms with Crippen molar-refractivity contribution in [2.24, 2.45) is 11.8 Å². The number of fused-ring (bicyclic) bond motifs is 3. The Labute approximate surface area is 206 Å². The fraction of sp³-hybridized carbons (Fsp3) is 0.464. The second kappa shape index (κ2) is 11.4. The van der Waals surface area contributed by atoms with E-state index in [4.69, 9.17) is 9.84 Å². The van der Waals surface area contributed by atoms with Gasteiger partial charge in [0.2, 0.25) is 5.91 Å². The zero-order chi connectivity index (χ0) is 24.8. The Morgan fingerprint density at radius 1 is 1.03 bits per heavy atom. The van der Waals surface area contributed by atoms with Crippen molar-refractivity contribution in [3.05, 3.63) is 59.7 Å². The maximum Gasteiger partial charge on any atom is 0.407 e. The summed E-state index contributed by atoms with van der Waals surface area (Å²) >= 11 is 0. The van der Waals surface area contributed by atoms with Crippen LogP contribution in [0, 0.1) is 11.8 Å². The highest BCUT2D eigenvalue weighted by molar-refractivity contribution is 5.80. The summed E-state index contributed by atoms with van der Waals surface area (Å²) in [5.74, 6) is -0.882. The van der Waals surface area contributed by atoms with Crippen LogP contribution in [-0.4, -0.2) is 42.3 Å². The van der Waals surface area contributed by atoms with E-state index >= 15 is 0 Å². The molecule has 2 aliphatic carbocycles. The fourth-order valence-electron chi connectivity index (χ4n) is 5.26. The molecule has 3 atom stereocenters. The first kappa shape index (κ1) is 24.8. The molecule has 7 heteroatoms. The first-order valence-electron chi connectivity index (χ1n) is 12.5.